The molecule has 0 aromatic carbocycles. The molecule has 0 aliphatic rings. The minimum Gasteiger partial charge on any atom is -0.424 e. The molecule has 0 spiro atoms. The fraction of sp³-hybridized carbons (Fsp3) is 0.800. The third kappa shape index (κ3) is 3.60. The summed E-state index contributed by atoms with van der Waals surface area (Å²) >= 11 is 0. The Hall–Kier alpha value is -0.940. The number of aliphatic hydroxyl groups is 1. The fourth-order valence-corrected chi connectivity index (χ4v) is 1.32. The van der Waals surface area contributed by atoms with Gasteiger partial charge < -0.3 is 9.52 Å². The lowest BCUT2D eigenvalue weighted by molar-refractivity contribution is 0.147. The highest BCUT2D eigenvalue weighted by Crippen LogP contribution is 2.07. The van der Waals surface area contributed by atoms with Gasteiger partial charge in [0.15, 0.2) is 0 Å². The van der Waals surface area contributed by atoms with Gasteiger partial charge in [-0.1, -0.05) is 6.92 Å². The van der Waals surface area contributed by atoms with Crippen molar-refractivity contribution in [3.8, 4) is 0 Å². The van der Waals surface area contributed by atoms with Crippen molar-refractivity contribution in [3.05, 3.63) is 11.8 Å². The molecule has 1 aromatic heterocycles. The minimum atomic E-state index is 0.146. The van der Waals surface area contributed by atoms with E-state index in [0.717, 1.165) is 6.42 Å². The van der Waals surface area contributed by atoms with Gasteiger partial charge in [-0.15, -0.1) is 10.2 Å². The molecular weight excluding hydrogens is 194 g/mol. The lowest BCUT2D eigenvalue weighted by Crippen LogP contribution is -2.33. The van der Waals surface area contributed by atoms with Gasteiger partial charge in [-0.3, -0.25) is 4.90 Å². The molecule has 0 bridgehead atoms. The van der Waals surface area contributed by atoms with E-state index in [2.05, 4.69) is 28.9 Å². The summed E-state index contributed by atoms with van der Waals surface area (Å²) in [6.07, 6.45) is 0.759. The number of hydrogen-bond acceptors (Lipinski definition) is 5. The zero-order valence-electron chi connectivity index (χ0n) is 9.60. The van der Waals surface area contributed by atoms with Crippen LogP contribution in [0.2, 0.25) is 0 Å². The van der Waals surface area contributed by atoms with Crippen molar-refractivity contribution in [1.82, 2.24) is 15.1 Å². The maximum absolute atomic E-state index is 8.91. The maximum Gasteiger partial charge on any atom is 0.230 e. The van der Waals surface area contributed by atoms with Gasteiger partial charge in [0.05, 0.1) is 13.2 Å². The van der Waals surface area contributed by atoms with Gasteiger partial charge in [-0.25, -0.2) is 0 Å². The first kappa shape index (κ1) is 12.1. The number of rotatable bonds is 6. The third-order valence-electron chi connectivity index (χ3n) is 2.27. The van der Waals surface area contributed by atoms with E-state index >= 15 is 0 Å². The summed E-state index contributed by atoms with van der Waals surface area (Å²) in [5.41, 5.74) is 0. The summed E-state index contributed by atoms with van der Waals surface area (Å²) in [6, 6.07) is 0.356. The Morgan fingerprint density at radius 1 is 1.33 bits per heavy atom. The minimum absolute atomic E-state index is 0.146. The topological polar surface area (TPSA) is 62.4 Å². The van der Waals surface area contributed by atoms with Crippen LogP contribution >= 0.6 is 0 Å². The molecule has 0 atom stereocenters. The summed E-state index contributed by atoms with van der Waals surface area (Å²) < 4.78 is 5.41. The van der Waals surface area contributed by atoms with Crippen LogP contribution in [0.15, 0.2) is 4.42 Å². The van der Waals surface area contributed by atoms with Crippen LogP contribution in [-0.2, 0) is 13.0 Å². The molecule has 0 unspecified atom stereocenters. The fourth-order valence-electron chi connectivity index (χ4n) is 1.32. The van der Waals surface area contributed by atoms with Crippen molar-refractivity contribution in [1.29, 1.82) is 0 Å². The second-order valence-corrected chi connectivity index (χ2v) is 3.73. The third-order valence-corrected chi connectivity index (χ3v) is 2.27. The van der Waals surface area contributed by atoms with Crippen LogP contribution in [0.3, 0.4) is 0 Å². The average molecular weight is 213 g/mol. The summed E-state index contributed by atoms with van der Waals surface area (Å²) in [5, 5.41) is 16.8. The van der Waals surface area contributed by atoms with Crippen LogP contribution in [0.5, 0.6) is 0 Å². The molecule has 5 heteroatoms. The van der Waals surface area contributed by atoms with E-state index in [9.17, 15) is 0 Å². The predicted molar refractivity (Wildman–Crippen MR) is 56.3 cm³/mol. The monoisotopic (exact) mass is 213 g/mol. The molecule has 0 saturated heterocycles. The molecule has 0 aliphatic heterocycles. The van der Waals surface area contributed by atoms with Gasteiger partial charge in [-0.2, -0.15) is 0 Å². The first-order valence-corrected chi connectivity index (χ1v) is 5.33. The van der Waals surface area contributed by atoms with E-state index in [1.165, 1.54) is 0 Å². The Kier molecular flexibility index (Phi) is 4.71. The number of aromatic nitrogens is 2. The summed E-state index contributed by atoms with van der Waals surface area (Å²) in [5.74, 6) is 1.28. The molecule has 15 heavy (non-hydrogen) atoms. The smallest absolute Gasteiger partial charge is 0.230 e. The van der Waals surface area contributed by atoms with E-state index in [1.807, 2.05) is 6.92 Å². The highest BCUT2D eigenvalue weighted by Gasteiger charge is 2.13. The molecule has 1 aromatic rings. The van der Waals surface area contributed by atoms with Crippen LogP contribution < -0.4 is 0 Å². The summed E-state index contributed by atoms with van der Waals surface area (Å²) in [4.78, 5) is 2.09. The van der Waals surface area contributed by atoms with Gasteiger partial charge in [0.2, 0.25) is 11.8 Å². The molecule has 1 heterocycles. The second-order valence-electron chi connectivity index (χ2n) is 3.73. The quantitative estimate of drug-likeness (QED) is 0.758. The zero-order valence-corrected chi connectivity index (χ0v) is 9.60. The van der Waals surface area contributed by atoms with Gasteiger partial charge in [0.25, 0.3) is 0 Å². The summed E-state index contributed by atoms with van der Waals surface area (Å²) in [6.45, 7) is 7.50. The second kappa shape index (κ2) is 5.82. The van der Waals surface area contributed by atoms with E-state index < -0.39 is 0 Å². The number of aryl methyl sites for hydroxylation is 1. The number of nitrogens with zero attached hydrogens (tertiary/aromatic N) is 3. The van der Waals surface area contributed by atoms with Crippen LogP contribution in [0, 0.1) is 0 Å². The van der Waals surface area contributed by atoms with E-state index in [-0.39, 0.29) is 6.61 Å². The van der Waals surface area contributed by atoms with E-state index in [4.69, 9.17) is 9.52 Å². The van der Waals surface area contributed by atoms with Crippen LogP contribution in [0.4, 0.5) is 0 Å². The molecule has 86 valence electrons. The molecule has 5 nitrogen and oxygen atoms in total. The van der Waals surface area contributed by atoms with Gasteiger partial charge in [0, 0.05) is 19.0 Å². The van der Waals surface area contributed by atoms with Crippen LogP contribution in [0.1, 0.15) is 32.6 Å². The first-order chi connectivity index (χ1) is 7.17. The molecule has 1 N–H and O–H groups in total. The van der Waals surface area contributed by atoms with E-state index in [0.29, 0.717) is 30.9 Å². The molecule has 0 amide bonds. The van der Waals surface area contributed by atoms with Crippen LogP contribution in [-0.4, -0.2) is 39.4 Å². The van der Waals surface area contributed by atoms with Crippen molar-refractivity contribution < 1.29 is 9.52 Å². The molecule has 0 fully saturated rings. The Balaban J connectivity index is 2.57. The largest absolute Gasteiger partial charge is 0.424 e. The number of hydrogen-bond donors (Lipinski definition) is 1. The van der Waals surface area contributed by atoms with Crippen molar-refractivity contribution in [2.45, 2.75) is 39.8 Å². The molecule has 0 aliphatic carbocycles. The number of aliphatic hydroxyl groups excluding tert-OH is 1. The molecular formula is C10H19N3O2. The lowest BCUT2D eigenvalue weighted by atomic mass is 10.3. The standard InChI is InChI=1S/C10H19N3O2/c1-4-9-11-12-10(15-9)7-13(5-6-14)8(2)3/h8,14H,4-7H2,1-3H3. The molecule has 0 radical (unpaired) electrons. The van der Waals surface area contributed by atoms with Gasteiger partial charge >= 0.3 is 0 Å². The average Bonchev–Trinajstić information content (AvgIpc) is 2.65. The van der Waals surface area contributed by atoms with Crippen molar-refractivity contribution in [3.63, 3.8) is 0 Å². The van der Waals surface area contributed by atoms with Crippen molar-refractivity contribution in [2.24, 2.45) is 0 Å². The molecule has 0 saturated carbocycles. The first-order valence-electron chi connectivity index (χ1n) is 5.33. The summed E-state index contributed by atoms with van der Waals surface area (Å²) in [7, 11) is 0. The Bertz CT molecular complexity index is 286. The normalized spacial score (nSPS) is 11.6. The van der Waals surface area contributed by atoms with Gasteiger partial charge in [-0.05, 0) is 13.8 Å². The Morgan fingerprint density at radius 2 is 2.00 bits per heavy atom. The zero-order chi connectivity index (χ0) is 11.3. The Labute approximate surface area is 90.1 Å². The predicted octanol–water partition coefficient (Wildman–Crippen LogP) is 0.835. The SMILES string of the molecule is CCc1nnc(CN(CCO)C(C)C)o1. The Morgan fingerprint density at radius 3 is 2.47 bits per heavy atom. The molecule has 1 rings (SSSR count). The van der Waals surface area contributed by atoms with Crippen molar-refractivity contribution >= 4 is 0 Å². The van der Waals surface area contributed by atoms with E-state index in [1.54, 1.807) is 0 Å². The highest BCUT2D eigenvalue weighted by molar-refractivity contribution is 4.82. The van der Waals surface area contributed by atoms with Crippen molar-refractivity contribution in [2.75, 3.05) is 13.2 Å². The van der Waals surface area contributed by atoms with Gasteiger partial charge in [0.1, 0.15) is 0 Å². The maximum atomic E-state index is 8.91. The van der Waals surface area contributed by atoms with Crippen LogP contribution in [0.25, 0.3) is 0 Å². The lowest BCUT2D eigenvalue weighted by Gasteiger charge is -2.23. The highest BCUT2D eigenvalue weighted by atomic mass is 16.4.